The summed E-state index contributed by atoms with van der Waals surface area (Å²) in [6.07, 6.45) is 5.93. The number of hydrogen-bond donors (Lipinski definition) is 4. The van der Waals surface area contributed by atoms with Gasteiger partial charge in [-0.2, -0.15) is 0 Å². The molecule has 1 heterocycles. The Bertz CT molecular complexity index is 960. The van der Waals surface area contributed by atoms with Crippen LogP contribution < -0.4 is 20.8 Å². The van der Waals surface area contributed by atoms with E-state index in [1.807, 2.05) is 6.92 Å². The highest BCUT2D eigenvalue weighted by Crippen LogP contribution is 2.13. The minimum atomic E-state index is -0.672. The number of pyridine rings is 1. The van der Waals surface area contributed by atoms with Gasteiger partial charge >= 0.3 is 0 Å². The zero-order valence-corrected chi connectivity index (χ0v) is 18.9. The fraction of sp³-hybridized carbons (Fsp3) is 0.458. The number of unbranched alkanes of at least 4 members (excludes halogenated alkanes) is 4. The summed E-state index contributed by atoms with van der Waals surface area (Å²) < 4.78 is 18.6. The number of H-pyrrole nitrogens is 1. The van der Waals surface area contributed by atoms with Crippen molar-refractivity contribution in [1.29, 1.82) is 0 Å². The summed E-state index contributed by atoms with van der Waals surface area (Å²) in [6, 6.07) is 5.65. The zero-order chi connectivity index (χ0) is 24.1. The quantitative estimate of drug-likeness (QED) is 0.323. The average Bonchev–Trinajstić information content (AvgIpc) is 2.81. The van der Waals surface area contributed by atoms with Crippen molar-refractivity contribution < 1.29 is 23.8 Å². The molecule has 0 aliphatic rings. The van der Waals surface area contributed by atoms with Crippen molar-refractivity contribution >= 4 is 11.8 Å². The number of rotatable bonds is 14. The van der Waals surface area contributed by atoms with E-state index in [0.29, 0.717) is 18.5 Å². The van der Waals surface area contributed by atoms with Gasteiger partial charge in [-0.3, -0.25) is 14.4 Å². The second-order valence-electron chi connectivity index (χ2n) is 7.64. The van der Waals surface area contributed by atoms with E-state index in [-0.39, 0.29) is 42.6 Å². The van der Waals surface area contributed by atoms with Crippen LogP contribution in [0.4, 0.5) is 4.39 Å². The van der Waals surface area contributed by atoms with Gasteiger partial charge in [-0.1, -0.05) is 38.3 Å². The molecule has 0 fully saturated rings. The van der Waals surface area contributed by atoms with Crippen LogP contribution in [0.15, 0.2) is 35.3 Å². The number of aromatic amines is 1. The summed E-state index contributed by atoms with van der Waals surface area (Å²) in [4.78, 5) is 40.9. The number of aliphatic hydroxyl groups excluding tert-OH is 1. The highest BCUT2D eigenvalue weighted by molar-refractivity contribution is 5.98. The second-order valence-corrected chi connectivity index (χ2v) is 7.64. The van der Waals surface area contributed by atoms with E-state index in [2.05, 4.69) is 15.6 Å². The van der Waals surface area contributed by atoms with Gasteiger partial charge in [0.25, 0.3) is 11.8 Å². The maximum absolute atomic E-state index is 13.0. The van der Waals surface area contributed by atoms with Crippen molar-refractivity contribution in [1.82, 2.24) is 15.6 Å². The van der Waals surface area contributed by atoms with Crippen molar-refractivity contribution in [2.75, 3.05) is 19.8 Å². The minimum Gasteiger partial charge on any atom is -0.487 e. The molecule has 0 bridgehead atoms. The second kappa shape index (κ2) is 14.1. The van der Waals surface area contributed by atoms with E-state index in [0.717, 1.165) is 32.1 Å². The number of halogens is 1. The highest BCUT2D eigenvalue weighted by Gasteiger charge is 2.22. The molecule has 1 aromatic carbocycles. The SMILES string of the molecule is CCCCOc1c(C(=O)NCCCCCCO)[nH]cc(C(=O)NCc2ccc(F)cc2)c1=O. The Morgan fingerprint density at radius 2 is 1.76 bits per heavy atom. The Morgan fingerprint density at radius 1 is 1.03 bits per heavy atom. The van der Waals surface area contributed by atoms with Gasteiger partial charge < -0.3 is 25.5 Å². The van der Waals surface area contributed by atoms with Crippen molar-refractivity contribution in [3.8, 4) is 5.75 Å². The predicted molar refractivity (Wildman–Crippen MR) is 123 cm³/mol. The van der Waals surface area contributed by atoms with Crippen LogP contribution in [0, 0.1) is 5.82 Å². The summed E-state index contributed by atoms with van der Waals surface area (Å²) in [6.45, 7) is 2.89. The van der Waals surface area contributed by atoms with Crippen LogP contribution in [-0.2, 0) is 6.54 Å². The third-order valence-electron chi connectivity index (χ3n) is 4.99. The van der Waals surface area contributed by atoms with Crippen LogP contribution in [0.5, 0.6) is 5.75 Å². The standard InChI is InChI=1S/C24H32FN3O5/c1-2-3-14-33-22-20(24(32)26-12-6-4-5-7-13-29)27-16-19(21(22)30)23(31)28-15-17-8-10-18(25)11-9-17/h8-11,16,29H,2-7,12-15H2,1H3,(H,26,32)(H,27,30)(H,28,31). The minimum absolute atomic E-state index is 0.0263. The molecule has 0 aliphatic heterocycles. The van der Waals surface area contributed by atoms with Crippen LogP contribution in [0.3, 0.4) is 0 Å². The molecule has 2 rings (SSSR count). The first-order valence-electron chi connectivity index (χ1n) is 11.3. The van der Waals surface area contributed by atoms with E-state index in [4.69, 9.17) is 9.84 Å². The van der Waals surface area contributed by atoms with Crippen molar-refractivity contribution in [3.63, 3.8) is 0 Å². The number of benzene rings is 1. The molecule has 2 amide bonds. The van der Waals surface area contributed by atoms with Crippen LogP contribution in [0.25, 0.3) is 0 Å². The maximum atomic E-state index is 13.0. The number of hydrogen-bond acceptors (Lipinski definition) is 5. The van der Waals surface area contributed by atoms with E-state index in [1.54, 1.807) is 0 Å². The summed E-state index contributed by atoms with van der Waals surface area (Å²) in [5.74, 6) is -1.68. The molecule has 0 saturated heterocycles. The van der Waals surface area contributed by atoms with Crippen molar-refractivity contribution in [2.45, 2.75) is 52.0 Å². The van der Waals surface area contributed by atoms with Gasteiger partial charge in [0.2, 0.25) is 5.43 Å². The highest BCUT2D eigenvalue weighted by atomic mass is 19.1. The van der Waals surface area contributed by atoms with Gasteiger partial charge in [0, 0.05) is 25.9 Å². The molecule has 1 aromatic heterocycles. The molecule has 8 nitrogen and oxygen atoms in total. The number of aromatic nitrogens is 1. The van der Waals surface area contributed by atoms with Gasteiger partial charge in [-0.25, -0.2) is 4.39 Å². The summed E-state index contributed by atoms with van der Waals surface area (Å²) in [5, 5.41) is 14.2. The molecule has 0 saturated carbocycles. The van der Waals surface area contributed by atoms with E-state index in [9.17, 15) is 18.8 Å². The molecular weight excluding hydrogens is 429 g/mol. The number of carbonyl (C=O) groups is 2. The number of aliphatic hydroxyl groups is 1. The lowest BCUT2D eigenvalue weighted by atomic mass is 10.1. The zero-order valence-electron chi connectivity index (χ0n) is 18.9. The van der Waals surface area contributed by atoms with Gasteiger partial charge in [0.05, 0.1) is 6.61 Å². The fourth-order valence-electron chi connectivity index (χ4n) is 3.07. The monoisotopic (exact) mass is 461 g/mol. The number of nitrogens with one attached hydrogen (secondary N) is 3. The van der Waals surface area contributed by atoms with Crippen LogP contribution in [0.1, 0.15) is 71.9 Å². The van der Waals surface area contributed by atoms with E-state index >= 15 is 0 Å². The van der Waals surface area contributed by atoms with Gasteiger partial charge in [-0.15, -0.1) is 0 Å². The smallest absolute Gasteiger partial charge is 0.271 e. The summed E-state index contributed by atoms with van der Waals surface area (Å²) in [7, 11) is 0. The molecule has 180 valence electrons. The topological polar surface area (TPSA) is 121 Å². The van der Waals surface area contributed by atoms with Crippen LogP contribution in [0.2, 0.25) is 0 Å². The predicted octanol–water partition coefficient (Wildman–Crippen LogP) is 2.91. The molecule has 9 heteroatoms. The van der Waals surface area contributed by atoms with Gasteiger partial charge in [0.15, 0.2) is 11.4 Å². The van der Waals surface area contributed by atoms with Crippen LogP contribution >= 0.6 is 0 Å². The number of carbonyl (C=O) groups excluding carboxylic acids is 2. The molecular formula is C24H32FN3O5. The number of ether oxygens (including phenoxy) is 1. The first-order valence-corrected chi connectivity index (χ1v) is 11.3. The normalized spacial score (nSPS) is 10.6. The third kappa shape index (κ3) is 8.34. The average molecular weight is 462 g/mol. The summed E-state index contributed by atoms with van der Waals surface area (Å²) >= 11 is 0. The van der Waals surface area contributed by atoms with E-state index < -0.39 is 17.2 Å². The molecule has 0 aliphatic carbocycles. The molecule has 0 spiro atoms. The molecule has 0 radical (unpaired) electrons. The maximum Gasteiger partial charge on any atom is 0.271 e. The van der Waals surface area contributed by atoms with Crippen molar-refractivity contribution in [2.24, 2.45) is 0 Å². The van der Waals surface area contributed by atoms with Gasteiger partial charge in [-0.05, 0) is 37.0 Å². The molecule has 4 N–H and O–H groups in total. The lowest BCUT2D eigenvalue weighted by molar-refractivity contribution is 0.0930. The third-order valence-corrected chi connectivity index (χ3v) is 4.99. The van der Waals surface area contributed by atoms with Crippen molar-refractivity contribution in [3.05, 3.63) is 63.3 Å². The Labute approximate surface area is 192 Å². The van der Waals surface area contributed by atoms with E-state index in [1.165, 1.54) is 30.5 Å². The fourth-order valence-corrected chi connectivity index (χ4v) is 3.07. The Balaban J connectivity index is 2.11. The molecule has 0 atom stereocenters. The van der Waals surface area contributed by atoms with Crippen LogP contribution in [-0.4, -0.2) is 41.7 Å². The Kier molecular flexibility index (Phi) is 11.1. The largest absolute Gasteiger partial charge is 0.487 e. The lowest BCUT2D eigenvalue weighted by Crippen LogP contribution is -2.32. The first kappa shape index (κ1) is 26.1. The first-order chi connectivity index (χ1) is 16.0. The lowest BCUT2D eigenvalue weighted by Gasteiger charge is -2.13. The molecule has 33 heavy (non-hydrogen) atoms. The Hall–Kier alpha value is -3.20. The molecule has 2 aromatic rings. The van der Waals surface area contributed by atoms with Gasteiger partial charge in [0.1, 0.15) is 11.4 Å². The summed E-state index contributed by atoms with van der Waals surface area (Å²) in [5.41, 5.74) is -0.198. The number of amides is 2. The molecule has 0 unspecified atom stereocenters. The Morgan fingerprint density at radius 3 is 2.45 bits per heavy atom.